The first-order chi connectivity index (χ1) is 10.8. The fourth-order valence-corrected chi connectivity index (χ4v) is 3.84. The summed E-state index contributed by atoms with van der Waals surface area (Å²) in [5, 5.41) is 0.00872. The number of aromatic amines is 1. The minimum atomic E-state index is 0.00872. The highest BCUT2D eigenvalue weighted by atomic mass is 32.2. The molecule has 1 atom stereocenters. The van der Waals surface area contributed by atoms with Crippen molar-refractivity contribution in [3.63, 3.8) is 0 Å². The Kier molecular flexibility index (Phi) is 3.31. The van der Waals surface area contributed by atoms with Gasteiger partial charge in [-0.25, -0.2) is 4.98 Å². The van der Waals surface area contributed by atoms with Crippen LogP contribution in [-0.4, -0.2) is 31.5 Å². The predicted octanol–water partition coefficient (Wildman–Crippen LogP) is 2.73. The van der Waals surface area contributed by atoms with Crippen LogP contribution in [0.4, 0.5) is 0 Å². The van der Waals surface area contributed by atoms with Gasteiger partial charge in [0.25, 0.3) is 0 Å². The maximum Gasteiger partial charge on any atom is 0.234 e. The van der Waals surface area contributed by atoms with Crippen molar-refractivity contribution >= 4 is 28.7 Å². The molecule has 3 aromatic rings. The molecule has 1 unspecified atom stereocenters. The lowest BCUT2D eigenvalue weighted by molar-refractivity contribution is -0.128. The summed E-state index contributed by atoms with van der Waals surface area (Å²) >= 11 is 1.63. The third kappa shape index (κ3) is 2.35. The number of carbonyl (C=O) groups is 1. The lowest BCUT2D eigenvalue weighted by atomic mass is 10.2. The summed E-state index contributed by atoms with van der Waals surface area (Å²) in [6, 6.07) is 11.8. The molecule has 110 valence electrons. The summed E-state index contributed by atoms with van der Waals surface area (Å²) in [4.78, 5) is 26.1. The Balaban J connectivity index is 1.63. The number of nitrogens with one attached hydrogen (secondary N) is 1. The van der Waals surface area contributed by atoms with Crippen LogP contribution in [0.25, 0.3) is 11.0 Å². The molecule has 2 aromatic heterocycles. The first kappa shape index (κ1) is 13.3. The second kappa shape index (κ2) is 5.46. The number of aromatic nitrogens is 3. The Morgan fingerprint density at radius 3 is 3.00 bits per heavy atom. The maximum absolute atomic E-state index is 12.2. The molecule has 1 aromatic carbocycles. The van der Waals surface area contributed by atoms with Gasteiger partial charge in [-0.1, -0.05) is 18.2 Å². The number of para-hydroxylation sites is 2. The van der Waals surface area contributed by atoms with E-state index in [1.807, 2.05) is 47.5 Å². The number of fused-ring (bicyclic) bond motifs is 1. The number of rotatable bonds is 3. The first-order valence-electron chi connectivity index (χ1n) is 7.06. The standard InChI is InChI=1S/C16H14N4OS/c21-15-10-22-16(11-4-3-7-17-8-11)20(15)9-14-18-12-5-1-2-6-13(12)19-14/h1-8,16H,9-10H2,(H,18,19). The Morgan fingerprint density at radius 1 is 1.27 bits per heavy atom. The predicted molar refractivity (Wildman–Crippen MR) is 86.1 cm³/mol. The van der Waals surface area contributed by atoms with Crippen molar-refractivity contribution in [3.05, 3.63) is 60.2 Å². The van der Waals surface area contributed by atoms with Crippen LogP contribution in [0.5, 0.6) is 0 Å². The largest absolute Gasteiger partial charge is 0.340 e. The molecular formula is C16H14N4OS. The average molecular weight is 310 g/mol. The van der Waals surface area contributed by atoms with Gasteiger partial charge in [-0.3, -0.25) is 9.78 Å². The molecule has 3 heterocycles. The quantitative estimate of drug-likeness (QED) is 0.808. The normalized spacial score (nSPS) is 18.3. The number of nitrogens with zero attached hydrogens (tertiary/aromatic N) is 3. The summed E-state index contributed by atoms with van der Waals surface area (Å²) in [7, 11) is 0. The molecule has 0 saturated carbocycles. The monoisotopic (exact) mass is 310 g/mol. The van der Waals surface area contributed by atoms with E-state index in [9.17, 15) is 4.79 Å². The molecule has 4 rings (SSSR count). The number of imidazole rings is 1. The smallest absolute Gasteiger partial charge is 0.234 e. The van der Waals surface area contributed by atoms with Crippen LogP contribution in [0.1, 0.15) is 16.8 Å². The van der Waals surface area contributed by atoms with E-state index in [-0.39, 0.29) is 11.3 Å². The van der Waals surface area contributed by atoms with Gasteiger partial charge in [-0.2, -0.15) is 0 Å². The van der Waals surface area contributed by atoms with Gasteiger partial charge in [-0.15, -0.1) is 11.8 Å². The van der Waals surface area contributed by atoms with Crippen LogP contribution in [0.2, 0.25) is 0 Å². The average Bonchev–Trinajstić information content (AvgIpc) is 3.12. The van der Waals surface area contributed by atoms with Gasteiger partial charge in [0.1, 0.15) is 11.2 Å². The summed E-state index contributed by atoms with van der Waals surface area (Å²) in [6.07, 6.45) is 3.57. The number of carbonyl (C=O) groups excluding carboxylic acids is 1. The molecule has 0 radical (unpaired) electrons. The van der Waals surface area contributed by atoms with Crippen molar-refractivity contribution < 1.29 is 4.79 Å². The molecule has 1 amide bonds. The third-order valence-electron chi connectivity index (χ3n) is 3.70. The number of thioether (sulfide) groups is 1. The van der Waals surface area contributed by atoms with Gasteiger partial charge in [0.2, 0.25) is 5.91 Å². The third-order valence-corrected chi connectivity index (χ3v) is 4.95. The van der Waals surface area contributed by atoms with Crippen molar-refractivity contribution in [2.24, 2.45) is 0 Å². The molecule has 6 heteroatoms. The van der Waals surface area contributed by atoms with E-state index in [1.54, 1.807) is 18.0 Å². The van der Waals surface area contributed by atoms with E-state index in [2.05, 4.69) is 15.0 Å². The molecule has 1 aliphatic heterocycles. The molecule has 1 N–H and O–H groups in total. The van der Waals surface area contributed by atoms with Crippen LogP contribution >= 0.6 is 11.8 Å². The lowest BCUT2D eigenvalue weighted by Crippen LogP contribution is -2.28. The van der Waals surface area contributed by atoms with Crippen LogP contribution in [0, 0.1) is 0 Å². The molecule has 0 spiro atoms. The van der Waals surface area contributed by atoms with E-state index in [0.29, 0.717) is 12.3 Å². The zero-order valence-corrected chi connectivity index (χ0v) is 12.6. The van der Waals surface area contributed by atoms with Crippen molar-refractivity contribution in [1.29, 1.82) is 0 Å². The number of hydrogen-bond donors (Lipinski definition) is 1. The number of H-pyrrole nitrogens is 1. The summed E-state index contributed by atoms with van der Waals surface area (Å²) < 4.78 is 0. The Hall–Kier alpha value is -2.34. The highest BCUT2D eigenvalue weighted by Gasteiger charge is 2.33. The van der Waals surface area contributed by atoms with Crippen molar-refractivity contribution in [3.8, 4) is 0 Å². The molecule has 0 aliphatic carbocycles. The molecule has 1 fully saturated rings. The Labute approximate surface area is 131 Å². The zero-order chi connectivity index (χ0) is 14.9. The van der Waals surface area contributed by atoms with E-state index in [0.717, 1.165) is 22.4 Å². The van der Waals surface area contributed by atoms with Crippen LogP contribution in [0.15, 0.2) is 48.8 Å². The first-order valence-corrected chi connectivity index (χ1v) is 8.11. The Morgan fingerprint density at radius 2 is 2.18 bits per heavy atom. The molecule has 1 saturated heterocycles. The van der Waals surface area contributed by atoms with Gasteiger partial charge in [0.15, 0.2) is 0 Å². The van der Waals surface area contributed by atoms with E-state index in [4.69, 9.17) is 0 Å². The molecule has 22 heavy (non-hydrogen) atoms. The summed E-state index contributed by atoms with van der Waals surface area (Å²) in [6.45, 7) is 0.486. The second-order valence-corrected chi connectivity index (χ2v) is 6.24. The van der Waals surface area contributed by atoms with Gasteiger partial charge in [0, 0.05) is 18.0 Å². The van der Waals surface area contributed by atoms with Crippen molar-refractivity contribution in [2.45, 2.75) is 11.9 Å². The minimum absolute atomic E-state index is 0.00872. The molecule has 5 nitrogen and oxygen atoms in total. The van der Waals surface area contributed by atoms with E-state index in [1.165, 1.54) is 0 Å². The number of pyridine rings is 1. The van der Waals surface area contributed by atoms with Crippen molar-refractivity contribution in [1.82, 2.24) is 19.9 Å². The number of benzene rings is 1. The fraction of sp³-hybridized carbons (Fsp3) is 0.188. The lowest BCUT2D eigenvalue weighted by Gasteiger charge is -2.22. The van der Waals surface area contributed by atoms with Crippen molar-refractivity contribution in [2.75, 3.05) is 5.75 Å². The number of hydrogen-bond acceptors (Lipinski definition) is 4. The summed E-state index contributed by atoms with van der Waals surface area (Å²) in [5.74, 6) is 1.45. The van der Waals surface area contributed by atoms with E-state index >= 15 is 0 Å². The van der Waals surface area contributed by atoms with Crippen LogP contribution < -0.4 is 0 Å². The SMILES string of the molecule is O=C1CSC(c2cccnc2)N1Cc1nc2ccccc2[nH]1. The topological polar surface area (TPSA) is 61.9 Å². The number of amides is 1. The van der Waals surface area contributed by atoms with E-state index < -0.39 is 0 Å². The summed E-state index contributed by atoms with van der Waals surface area (Å²) in [5.41, 5.74) is 2.97. The van der Waals surface area contributed by atoms with Gasteiger partial charge in [0.05, 0.1) is 23.3 Å². The zero-order valence-electron chi connectivity index (χ0n) is 11.8. The fourth-order valence-electron chi connectivity index (χ4n) is 2.67. The minimum Gasteiger partial charge on any atom is -0.340 e. The van der Waals surface area contributed by atoms with Gasteiger partial charge >= 0.3 is 0 Å². The second-order valence-electron chi connectivity index (χ2n) is 5.17. The maximum atomic E-state index is 12.2. The van der Waals surface area contributed by atoms with Gasteiger partial charge < -0.3 is 9.88 Å². The molecule has 1 aliphatic rings. The highest BCUT2D eigenvalue weighted by Crippen LogP contribution is 2.38. The van der Waals surface area contributed by atoms with Gasteiger partial charge in [-0.05, 0) is 18.2 Å². The van der Waals surface area contributed by atoms with Crippen LogP contribution in [-0.2, 0) is 11.3 Å². The molecule has 0 bridgehead atoms. The van der Waals surface area contributed by atoms with Crippen LogP contribution in [0.3, 0.4) is 0 Å². The molecular weight excluding hydrogens is 296 g/mol. The highest BCUT2D eigenvalue weighted by molar-refractivity contribution is 8.00. The Bertz CT molecular complexity index is 784.